The van der Waals surface area contributed by atoms with Crippen molar-refractivity contribution in [2.45, 2.75) is 59.4 Å². The van der Waals surface area contributed by atoms with Gasteiger partial charge in [0.1, 0.15) is 11.6 Å². The van der Waals surface area contributed by atoms with Gasteiger partial charge in [-0.15, -0.1) is 0 Å². The van der Waals surface area contributed by atoms with Crippen LogP contribution in [0.2, 0.25) is 0 Å². The van der Waals surface area contributed by atoms with Gasteiger partial charge in [0.25, 0.3) is 0 Å². The second-order valence-corrected chi connectivity index (χ2v) is 8.96. The highest BCUT2D eigenvalue weighted by Crippen LogP contribution is 2.41. The van der Waals surface area contributed by atoms with E-state index in [1.807, 2.05) is 52.8 Å². The summed E-state index contributed by atoms with van der Waals surface area (Å²) in [5.74, 6) is 2.27. The van der Waals surface area contributed by atoms with E-state index >= 15 is 0 Å². The van der Waals surface area contributed by atoms with E-state index in [0.29, 0.717) is 30.3 Å². The monoisotopic (exact) mass is 505 g/mol. The van der Waals surface area contributed by atoms with Crippen LogP contribution in [-0.4, -0.2) is 40.8 Å². The lowest BCUT2D eigenvalue weighted by atomic mass is 9.73. The van der Waals surface area contributed by atoms with Gasteiger partial charge in [-0.1, -0.05) is 19.9 Å². The Kier molecular flexibility index (Phi) is 7.90. The molecule has 1 amide bonds. The highest BCUT2D eigenvalue weighted by atomic mass is 19.1. The summed E-state index contributed by atoms with van der Waals surface area (Å²) in [6.45, 7) is 9.78. The maximum absolute atomic E-state index is 13.2. The van der Waals surface area contributed by atoms with Crippen LogP contribution in [0.3, 0.4) is 0 Å². The van der Waals surface area contributed by atoms with Crippen LogP contribution in [0.1, 0.15) is 68.3 Å². The van der Waals surface area contributed by atoms with E-state index in [4.69, 9.17) is 0 Å². The van der Waals surface area contributed by atoms with Crippen LogP contribution in [0, 0.1) is 25.6 Å². The molecule has 0 spiro atoms. The number of carbonyl (C=O) groups excluding carboxylic acids is 1. The number of hydrogen-bond donors (Lipinski definition) is 3. The summed E-state index contributed by atoms with van der Waals surface area (Å²) in [6.07, 6.45) is 5.45. The van der Waals surface area contributed by atoms with Gasteiger partial charge in [-0.25, -0.2) is 24.0 Å². The van der Waals surface area contributed by atoms with E-state index in [2.05, 4.69) is 40.9 Å². The van der Waals surface area contributed by atoms with Crippen LogP contribution in [0.15, 0.2) is 42.9 Å². The van der Waals surface area contributed by atoms with Crippen molar-refractivity contribution < 1.29 is 9.18 Å². The number of carbonyl (C=O) groups is 1. The normalized spacial score (nSPS) is 17.2. The van der Waals surface area contributed by atoms with Crippen molar-refractivity contribution in [2.75, 3.05) is 5.32 Å². The largest absolute Gasteiger partial charge is 0.349 e. The lowest BCUT2D eigenvalue weighted by Gasteiger charge is -2.34. The van der Waals surface area contributed by atoms with E-state index < -0.39 is 5.82 Å². The summed E-state index contributed by atoms with van der Waals surface area (Å²) in [5.41, 5.74) is 2.68. The molecule has 1 saturated carbocycles. The molecule has 0 aromatic carbocycles. The molecule has 10 nitrogen and oxygen atoms in total. The van der Waals surface area contributed by atoms with Gasteiger partial charge in [-0.3, -0.25) is 9.89 Å². The number of rotatable bonds is 7. The molecule has 1 aliphatic rings. The third-order valence-corrected chi connectivity index (χ3v) is 6.12. The third kappa shape index (κ3) is 6.16. The smallest absolute Gasteiger partial charge is 0.223 e. The molecule has 1 atom stereocenters. The molecule has 1 unspecified atom stereocenters. The van der Waals surface area contributed by atoms with Gasteiger partial charge in [0.05, 0.1) is 18.4 Å². The molecular weight excluding hydrogens is 473 g/mol. The molecule has 4 aromatic heterocycles. The molecule has 1 aliphatic carbocycles. The van der Waals surface area contributed by atoms with Gasteiger partial charge >= 0.3 is 0 Å². The summed E-state index contributed by atoms with van der Waals surface area (Å²) in [4.78, 5) is 26.4. The van der Waals surface area contributed by atoms with Crippen molar-refractivity contribution in [3.8, 4) is 5.82 Å². The fraction of sp³-hybridized carbons (Fsp3) is 0.385. The number of nitrogens with one attached hydrogen (secondary N) is 3. The van der Waals surface area contributed by atoms with Crippen molar-refractivity contribution in [1.29, 1.82) is 0 Å². The molecule has 1 fully saturated rings. The summed E-state index contributed by atoms with van der Waals surface area (Å²) >= 11 is 0. The first-order valence-corrected chi connectivity index (χ1v) is 12.5. The van der Waals surface area contributed by atoms with Crippen molar-refractivity contribution in [1.82, 2.24) is 40.2 Å². The van der Waals surface area contributed by atoms with Crippen LogP contribution in [0.4, 0.5) is 16.0 Å². The van der Waals surface area contributed by atoms with Gasteiger partial charge in [0.2, 0.25) is 5.91 Å². The Morgan fingerprint density at radius 2 is 1.92 bits per heavy atom. The second kappa shape index (κ2) is 11.3. The molecule has 3 N–H and O–H groups in total. The molecule has 11 heteroatoms. The highest BCUT2D eigenvalue weighted by molar-refractivity contribution is 5.80. The molecule has 194 valence electrons. The lowest BCUT2D eigenvalue weighted by Crippen LogP contribution is -2.39. The van der Waals surface area contributed by atoms with Crippen molar-refractivity contribution in [2.24, 2.45) is 5.92 Å². The number of nitrogens with zero attached hydrogens (tertiary/aromatic N) is 6. The Bertz CT molecular complexity index is 1340. The maximum Gasteiger partial charge on any atom is 0.223 e. The van der Waals surface area contributed by atoms with Crippen molar-refractivity contribution in [3.63, 3.8) is 0 Å². The zero-order valence-corrected chi connectivity index (χ0v) is 21.7. The summed E-state index contributed by atoms with van der Waals surface area (Å²) < 4.78 is 14.5. The first-order valence-electron chi connectivity index (χ1n) is 12.5. The minimum Gasteiger partial charge on any atom is -0.349 e. The molecule has 4 aromatic rings. The summed E-state index contributed by atoms with van der Waals surface area (Å²) in [5, 5.41) is 17.3. The number of amides is 1. The molecule has 0 saturated heterocycles. The molecule has 0 aliphatic heterocycles. The fourth-order valence-electron chi connectivity index (χ4n) is 4.12. The lowest BCUT2D eigenvalue weighted by molar-refractivity contribution is -0.128. The van der Waals surface area contributed by atoms with E-state index in [1.54, 1.807) is 12.3 Å². The maximum atomic E-state index is 13.2. The van der Waals surface area contributed by atoms with Crippen molar-refractivity contribution >= 4 is 17.5 Å². The van der Waals surface area contributed by atoms with Gasteiger partial charge < -0.3 is 10.6 Å². The summed E-state index contributed by atoms with van der Waals surface area (Å²) in [7, 11) is 0. The molecular formula is C26H32FN9O. The van der Waals surface area contributed by atoms with Gasteiger partial charge in [0, 0.05) is 41.6 Å². The quantitative estimate of drug-likeness (QED) is 0.333. The molecule has 4 heterocycles. The number of pyridine rings is 1. The zero-order valence-electron chi connectivity index (χ0n) is 21.7. The van der Waals surface area contributed by atoms with Crippen LogP contribution >= 0.6 is 0 Å². The first-order chi connectivity index (χ1) is 17.8. The predicted molar refractivity (Wildman–Crippen MR) is 138 cm³/mol. The number of halogens is 1. The number of aromatic nitrogens is 7. The van der Waals surface area contributed by atoms with E-state index in [0.717, 1.165) is 29.0 Å². The minimum atomic E-state index is -0.424. The molecule has 37 heavy (non-hydrogen) atoms. The summed E-state index contributed by atoms with van der Waals surface area (Å²) in [6, 6.07) is 7.17. The van der Waals surface area contributed by atoms with Crippen LogP contribution in [-0.2, 0) is 4.79 Å². The molecule has 0 bridgehead atoms. The fourth-order valence-corrected chi connectivity index (χ4v) is 4.12. The van der Waals surface area contributed by atoms with E-state index in [9.17, 15) is 9.18 Å². The van der Waals surface area contributed by atoms with E-state index in [1.165, 1.54) is 10.9 Å². The van der Waals surface area contributed by atoms with Gasteiger partial charge in [-0.2, -0.15) is 10.2 Å². The SMILES string of the molecule is CC.Cc1cc(Nc2cc(C)[nH]n2)nc(C2CC(C(=O)NC(C)c3ccc(-n4cc(F)cn4)nc3)C2)n1. The number of H-pyrrole nitrogens is 1. The Hall–Kier alpha value is -4.15. The standard InChI is InChI=1S/C24H26FN9O.C2H6/c1-13-6-20(30-21-7-14(2)32-33-21)31-23(28-13)17-8-18(9-17)24(35)29-15(3)16-4-5-22(26-10-16)34-12-19(25)11-27-34;1-2/h4-7,10-12,15,17-18H,8-9H2,1-3H3,(H,29,35)(H2,28,30,31,32,33);1-2H3. The second-order valence-electron chi connectivity index (χ2n) is 8.96. The average molecular weight is 506 g/mol. The predicted octanol–water partition coefficient (Wildman–Crippen LogP) is 4.68. The molecule has 5 rings (SSSR count). The Balaban J connectivity index is 0.00000156. The molecule has 0 radical (unpaired) electrons. The minimum absolute atomic E-state index is 0.00460. The highest BCUT2D eigenvalue weighted by Gasteiger charge is 2.37. The Morgan fingerprint density at radius 3 is 2.54 bits per heavy atom. The number of hydrogen-bond acceptors (Lipinski definition) is 7. The topological polar surface area (TPSA) is 126 Å². The van der Waals surface area contributed by atoms with Gasteiger partial charge in [0.15, 0.2) is 17.5 Å². The number of aromatic amines is 1. The third-order valence-electron chi connectivity index (χ3n) is 6.12. The van der Waals surface area contributed by atoms with Crippen LogP contribution < -0.4 is 10.6 Å². The van der Waals surface area contributed by atoms with Crippen LogP contribution in [0.25, 0.3) is 5.82 Å². The van der Waals surface area contributed by atoms with Crippen LogP contribution in [0.5, 0.6) is 0 Å². The van der Waals surface area contributed by atoms with E-state index in [-0.39, 0.29) is 23.8 Å². The Morgan fingerprint density at radius 1 is 1.14 bits per heavy atom. The Labute approximate surface area is 215 Å². The van der Waals surface area contributed by atoms with Gasteiger partial charge in [-0.05, 0) is 45.2 Å². The number of aryl methyl sites for hydroxylation is 2. The van der Waals surface area contributed by atoms with Crippen molar-refractivity contribution in [3.05, 3.63) is 71.4 Å². The first kappa shape index (κ1) is 25.9. The number of anilines is 2. The zero-order chi connectivity index (χ0) is 26.5. The average Bonchev–Trinajstić information content (AvgIpc) is 3.47.